The maximum Gasteiger partial charge on any atom is 0.325 e. The van der Waals surface area contributed by atoms with Crippen LogP contribution in [-0.2, 0) is 18.4 Å². The highest BCUT2D eigenvalue weighted by atomic mass is 16.4. The Labute approximate surface area is 127 Å². The monoisotopic (exact) mass is 299 g/mol. The van der Waals surface area contributed by atoms with E-state index < -0.39 is 5.97 Å². The number of nitrogens with zero attached hydrogens (tertiary/aromatic N) is 5. The average molecular weight is 299 g/mol. The Morgan fingerprint density at radius 3 is 2.55 bits per heavy atom. The number of hydrogen-bond acceptors (Lipinski definition) is 4. The fourth-order valence-electron chi connectivity index (χ4n) is 2.89. The fraction of sp³-hybridized carbons (Fsp3) is 0.333. The Kier molecular flexibility index (Phi) is 3.20. The van der Waals surface area contributed by atoms with Gasteiger partial charge in [0.1, 0.15) is 6.54 Å². The summed E-state index contributed by atoms with van der Waals surface area (Å²) in [6.07, 6.45) is 1.68. The van der Waals surface area contributed by atoms with Crippen molar-refractivity contribution in [3.05, 3.63) is 29.3 Å². The van der Waals surface area contributed by atoms with Crippen LogP contribution in [-0.4, -0.2) is 35.6 Å². The molecule has 0 fully saturated rings. The van der Waals surface area contributed by atoms with Gasteiger partial charge in [0, 0.05) is 29.9 Å². The van der Waals surface area contributed by atoms with E-state index in [1.165, 1.54) is 4.68 Å². The molecule has 7 heteroatoms. The van der Waals surface area contributed by atoms with E-state index in [4.69, 9.17) is 5.11 Å². The van der Waals surface area contributed by atoms with Crippen LogP contribution in [0.25, 0.3) is 22.2 Å². The topological polar surface area (TPSA) is 85.8 Å². The van der Waals surface area contributed by atoms with Crippen molar-refractivity contribution in [3.63, 3.8) is 0 Å². The summed E-state index contributed by atoms with van der Waals surface area (Å²) >= 11 is 0. The maximum atomic E-state index is 11.0. The van der Waals surface area contributed by atoms with Crippen LogP contribution in [0.15, 0.2) is 12.3 Å². The minimum atomic E-state index is -0.939. The van der Waals surface area contributed by atoms with Gasteiger partial charge in [-0.15, -0.1) is 0 Å². The molecule has 3 aromatic rings. The van der Waals surface area contributed by atoms with E-state index in [1.54, 1.807) is 6.20 Å². The number of carboxylic acids is 1. The molecule has 0 spiro atoms. The highest BCUT2D eigenvalue weighted by Crippen LogP contribution is 2.33. The van der Waals surface area contributed by atoms with E-state index >= 15 is 0 Å². The van der Waals surface area contributed by atoms with E-state index in [-0.39, 0.29) is 6.54 Å². The first-order valence-electron chi connectivity index (χ1n) is 6.94. The minimum absolute atomic E-state index is 0.203. The number of hydrogen-bond donors (Lipinski definition) is 1. The van der Waals surface area contributed by atoms with Gasteiger partial charge in [0.25, 0.3) is 0 Å². The summed E-state index contributed by atoms with van der Waals surface area (Å²) in [5.41, 5.74) is 5.37. The van der Waals surface area contributed by atoms with Gasteiger partial charge in [0.15, 0.2) is 5.65 Å². The molecule has 3 aromatic heterocycles. The van der Waals surface area contributed by atoms with Gasteiger partial charge >= 0.3 is 5.97 Å². The van der Waals surface area contributed by atoms with Crippen molar-refractivity contribution in [3.8, 4) is 11.1 Å². The highest BCUT2D eigenvalue weighted by molar-refractivity contribution is 5.96. The summed E-state index contributed by atoms with van der Waals surface area (Å²) in [6, 6.07) is 1.93. The first kappa shape index (κ1) is 14.2. The largest absolute Gasteiger partial charge is 0.480 e. The van der Waals surface area contributed by atoms with Crippen molar-refractivity contribution >= 4 is 17.0 Å². The summed E-state index contributed by atoms with van der Waals surface area (Å²) < 4.78 is 3.27. The zero-order valence-corrected chi connectivity index (χ0v) is 13.0. The van der Waals surface area contributed by atoms with E-state index in [0.717, 1.165) is 33.6 Å². The molecule has 22 heavy (non-hydrogen) atoms. The van der Waals surface area contributed by atoms with Crippen LogP contribution < -0.4 is 0 Å². The molecule has 3 heterocycles. The molecule has 0 amide bonds. The molecule has 0 unspecified atom stereocenters. The van der Waals surface area contributed by atoms with E-state index in [9.17, 15) is 4.79 Å². The molecule has 114 valence electrons. The Morgan fingerprint density at radius 1 is 1.23 bits per heavy atom. The van der Waals surface area contributed by atoms with Crippen LogP contribution in [0.4, 0.5) is 0 Å². The van der Waals surface area contributed by atoms with Gasteiger partial charge in [0.2, 0.25) is 0 Å². The Hall–Kier alpha value is -2.70. The van der Waals surface area contributed by atoms with Gasteiger partial charge in [-0.25, -0.2) is 9.67 Å². The second-order valence-electron chi connectivity index (χ2n) is 5.36. The maximum absolute atomic E-state index is 11.0. The third-order valence-corrected chi connectivity index (χ3v) is 3.87. The van der Waals surface area contributed by atoms with Gasteiger partial charge in [-0.1, -0.05) is 0 Å². The molecule has 1 N–H and O–H groups in total. The molecule has 0 aliphatic carbocycles. The molecule has 0 atom stereocenters. The second kappa shape index (κ2) is 4.94. The molecule has 0 aliphatic rings. The minimum Gasteiger partial charge on any atom is -0.480 e. The van der Waals surface area contributed by atoms with Crippen LogP contribution in [0.1, 0.15) is 17.1 Å². The summed E-state index contributed by atoms with van der Waals surface area (Å²) in [5.74, 6) is -0.939. The molecule has 0 saturated heterocycles. The predicted molar refractivity (Wildman–Crippen MR) is 81.6 cm³/mol. The van der Waals surface area contributed by atoms with Crippen molar-refractivity contribution in [1.82, 2.24) is 24.5 Å². The first-order chi connectivity index (χ1) is 10.4. The molecule has 0 radical (unpaired) electrons. The summed E-state index contributed by atoms with van der Waals surface area (Å²) in [4.78, 5) is 15.3. The molecule has 0 saturated carbocycles. The van der Waals surface area contributed by atoms with Crippen molar-refractivity contribution < 1.29 is 9.90 Å². The number of carboxylic acid groups (broad SMARTS) is 1. The molecule has 7 nitrogen and oxygen atoms in total. The number of aromatic nitrogens is 5. The Morgan fingerprint density at radius 2 is 1.95 bits per heavy atom. The van der Waals surface area contributed by atoms with Crippen LogP contribution >= 0.6 is 0 Å². The standard InChI is InChI=1S/C15H17N5O2/c1-8-13(10(3)19(4)17-8)11-5-6-16-15-14(11)9(2)18-20(15)7-12(21)22/h5-6H,7H2,1-4H3,(H,21,22). The average Bonchev–Trinajstić information content (AvgIpc) is 2.88. The summed E-state index contributed by atoms with van der Waals surface area (Å²) in [7, 11) is 1.91. The van der Waals surface area contributed by atoms with Gasteiger partial charge in [-0.2, -0.15) is 10.2 Å². The lowest BCUT2D eigenvalue weighted by Gasteiger charge is -2.05. The number of aliphatic carboxylic acids is 1. The molecular formula is C15H17N5O2. The quantitative estimate of drug-likeness (QED) is 0.797. The number of fused-ring (bicyclic) bond motifs is 1. The van der Waals surface area contributed by atoms with Gasteiger partial charge in [-0.05, 0) is 32.4 Å². The van der Waals surface area contributed by atoms with Crippen molar-refractivity contribution in [1.29, 1.82) is 0 Å². The summed E-state index contributed by atoms with van der Waals surface area (Å²) in [5, 5.41) is 18.7. The molecule has 0 aromatic carbocycles. The van der Waals surface area contributed by atoms with Crippen molar-refractivity contribution in [2.75, 3.05) is 0 Å². The van der Waals surface area contributed by atoms with Crippen molar-refractivity contribution in [2.45, 2.75) is 27.3 Å². The molecule has 0 aliphatic heterocycles. The predicted octanol–water partition coefficient (Wildman–Crippen LogP) is 1.84. The first-order valence-corrected chi connectivity index (χ1v) is 6.94. The SMILES string of the molecule is Cc1nn(C)c(C)c1-c1ccnc2c1c(C)nn2CC(=O)O. The third-order valence-electron chi connectivity index (χ3n) is 3.87. The lowest BCUT2D eigenvalue weighted by atomic mass is 10.0. The van der Waals surface area contributed by atoms with E-state index in [1.807, 2.05) is 38.6 Å². The van der Waals surface area contributed by atoms with Gasteiger partial charge < -0.3 is 5.11 Å². The third kappa shape index (κ3) is 2.05. The van der Waals surface area contributed by atoms with Crippen LogP contribution in [0.5, 0.6) is 0 Å². The second-order valence-corrected chi connectivity index (χ2v) is 5.36. The van der Waals surface area contributed by atoms with Crippen molar-refractivity contribution in [2.24, 2.45) is 7.05 Å². The number of carbonyl (C=O) groups is 1. The lowest BCUT2D eigenvalue weighted by Crippen LogP contribution is -2.10. The fourth-order valence-corrected chi connectivity index (χ4v) is 2.89. The van der Waals surface area contributed by atoms with Crippen LogP contribution in [0, 0.1) is 20.8 Å². The molecule has 3 rings (SSSR count). The van der Waals surface area contributed by atoms with E-state index in [2.05, 4.69) is 15.2 Å². The molecular weight excluding hydrogens is 282 g/mol. The molecule has 0 bridgehead atoms. The normalized spacial score (nSPS) is 11.3. The highest BCUT2D eigenvalue weighted by Gasteiger charge is 2.19. The zero-order valence-electron chi connectivity index (χ0n) is 13.0. The Balaban J connectivity index is 2.32. The van der Waals surface area contributed by atoms with E-state index in [0.29, 0.717) is 5.65 Å². The number of rotatable bonds is 3. The smallest absolute Gasteiger partial charge is 0.325 e. The van der Waals surface area contributed by atoms with Crippen LogP contribution in [0.3, 0.4) is 0 Å². The van der Waals surface area contributed by atoms with Gasteiger partial charge in [0.05, 0.1) is 11.4 Å². The number of pyridine rings is 1. The lowest BCUT2D eigenvalue weighted by molar-refractivity contribution is -0.137. The summed E-state index contributed by atoms with van der Waals surface area (Å²) in [6.45, 7) is 5.64. The van der Waals surface area contributed by atoms with Gasteiger partial charge in [-0.3, -0.25) is 9.48 Å². The number of aryl methyl sites for hydroxylation is 3. The zero-order chi connectivity index (χ0) is 16.0. The van der Waals surface area contributed by atoms with Crippen LogP contribution in [0.2, 0.25) is 0 Å². The Bertz CT molecular complexity index is 891.